The minimum Gasteiger partial charge on any atom is -0.493 e. The van der Waals surface area contributed by atoms with Gasteiger partial charge < -0.3 is 34.7 Å². The van der Waals surface area contributed by atoms with Crippen molar-refractivity contribution in [1.82, 2.24) is 5.32 Å². The van der Waals surface area contributed by atoms with Gasteiger partial charge in [-0.05, 0) is 42.0 Å². The van der Waals surface area contributed by atoms with Crippen molar-refractivity contribution < 1.29 is 33.6 Å². The third-order valence-corrected chi connectivity index (χ3v) is 5.63. The second kappa shape index (κ2) is 11.5. The maximum absolute atomic E-state index is 12.7. The average molecular weight is 493 g/mol. The normalized spacial score (nSPS) is 14.7. The van der Waals surface area contributed by atoms with E-state index in [1.165, 1.54) is 14.2 Å². The van der Waals surface area contributed by atoms with Crippen molar-refractivity contribution in [3.8, 4) is 23.0 Å². The van der Waals surface area contributed by atoms with Gasteiger partial charge in [0, 0.05) is 24.2 Å². The molecule has 0 fully saturated rings. The van der Waals surface area contributed by atoms with Crippen molar-refractivity contribution >= 4 is 17.5 Å². The molecule has 1 heterocycles. The van der Waals surface area contributed by atoms with Gasteiger partial charge in [-0.3, -0.25) is 9.59 Å². The topological polar surface area (TPSA) is 115 Å². The number of aliphatic hydroxyl groups excluding tert-OH is 1. The summed E-state index contributed by atoms with van der Waals surface area (Å²) in [4.78, 5) is 25.3. The van der Waals surface area contributed by atoms with E-state index >= 15 is 0 Å². The standard InChI is InChI=1S/C27H28N2O7/c1-33-22-11-6-12-23(34-2)25(22)35-16-20(30)15-28-26(31)18-8-5-9-19(13-18)29-27(32)24-14-17-7-3-4-10-21(17)36-24/h3-13,20,24,30H,14-16H2,1-2H3,(H,28,31)(H,29,32). The molecule has 9 heteroatoms. The lowest BCUT2D eigenvalue weighted by Gasteiger charge is -2.17. The highest BCUT2D eigenvalue weighted by atomic mass is 16.5. The molecule has 3 aromatic carbocycles. The number of amides is 2. The third kappa shape index (κ3) is 5.87. The maximum Gasteiger partial charge on any atom is 0.265 e. The maximum atomic E-state index is 12.7. The zero-order chi connectivity index (χ0) is 25.5. The van der Waals surface area contributed by atoms with Crippen LogP contribution in [0.2, 0.25) is 0 Å². The summed E-state index contributed by atoms with van der Waals surface area (Å²) in [6.45, 7) is -0.127. The van der Waals surface area contributed by atoms with Crippen molar-refractivity contribution in [3.63, 3.8) is 0 Å². The van der Waals surface area contributed by atoms with Crippen molar-refractivity contribution in [2.45, 2.75) is 18.6 Å². The van der Waals surface area contributed by atoms with E-state index in [0.717, 1.165) is 5.56 Å². The summed E-state index contributed by atoms with van der Waals surface area (Å²) in [5, 5.41) is 15.8. The Morgan fingerprint density at radius 3 is 2.47 bits per heavy atom. The van der Waals surface area contributed by atoms with E-state index in [1.807, 2.05) is 24.3 Å². The number of carbonyl (C=O) groups is 2. The number of benzene rings is 3. The van der Waals surface area contributed by atoms with Crippen molar-refractivity contribution in [2.75, 3.05) is 32.7 Å². The third-order valence-electron chi connectivity index (χ3n) is 5.63. The van der Waals surface area contributed by atoms with E-state index in [-0.39, 0.29) is 19.1 Å². The number of methoxy groups -OCH3 is 2. The molecule has 0 radical (unpaired) electrons. The molecule has 188 valence electrons. The number of carbonyl (C=O) groups excluding carboxylic acids is 2. The molecule has 0 saturated carbocycles. The quantitative estimate of drug-likeness (QED) is 0.399. The highest BCUT2D eigenvalue weighted by molar-refractivity contribution is 5.98. The first-order valence-corrected chi connectivity index (χ1v) is 11.4. The Morgan fingerprint density at radius 2 is 1.75 bits per heavy atom. The van der Waals surface area contributed by atoms with Crippen LogP contribution in [-0.2, 0) is 11.2 Å². The van der Waals surface area contributed by atoms with Gasteiger partial charge in [0.15, 0.2) is 17.6 Å². The molecule has 1 aliphatic heterocycles. The lowest BCUT2D eigenvalue weighted by molar-refractivity contribution is -0.122. The Hall–Kier alpha value is -4.24. The Kier molecular flexibility index (Phi) is 7.92. The summed E-state index contributed by atoms with van der Waals surface area (Å²) < 4.78 is 21.9. The molecule has 0 aromatic heterocycles. The predicted octanol–water partition coefficient (Wildman–Crippen LogP) is 2.82. The molecule has 2 atom stereocenters. The van der Waals surface area contributed by atoms with Crippen molar-refractivity contribution in [1.29, 1.82) is 0 Å². The van der Waals surface area contributed by atoms with Crippen LogP contribution in [0.5, 0.6) is 23.0 Å². The number of nitrogens with one attached hydrogen (secondary N) is 2. The number of aliphatic hydroxyl groups is 1. The first kappa shape index (κ1) is 24.9. The van der Waals surface area contributed by atoms with Crippen molar-refractivity contribution in [2.24, 2.45) is 0 Å². The van der Waals surface area contributed by atoms with E-state index in [0.29, 0.717) is 40.7 Å². The summed E-state index contributed by atoms with van der Waals surface area (Å²) in [5.41, 5.74) is 1.79. The monoisotopic (exact) mass is 492 g/mol. The Bertz CT molecular complexity index is 1180. The number of hydrogen-bond donors (Lipinski definition) is 3. The number of fused-ring (bicyclic) bond motifs is 1. The molecule has 1 aliphatic rings. The summed E-state index contributed by atoms with van der Waals surface area (Å²) in [7, 11) is 3.02. The van der Waals surface area contributed by atoms with E-state index in [4.69, 9.17) is 18.9 Å². The number of anilines is 1. The fraction of sp³-hybridized carbons (Fsp3) is 0.259. The fourth-order valence-electron chi connectivity index (χ4n) is 3.80. The summed E-state index contributed by atoms with van der Waals surface area (Å²) in [5.74, 6) is 1.32. The Morgan fingerprint density at radius 1 is 1.03 bits per heavy atom. The van der Waals surface area contributed by atoms with Crippen LogP contribution in [0.4, 0.5) is 5.69 Å². The summed E-state index contributed by atoms with van der Waals surface area (Å²) in [6, 6.07) is 19.3. The predicted molar refractivity (Wildman–Crippen MR) is 133 cm³/mol. The fourth-order valence-corrected chi connectivity index (χ4v) is 3.80. The van der Waals surface area contributed by atoms with Crippen molar-refractivity contribution in [3.05, 3.63) is 77.9 Å². The van der Waals surface area contributed by atoms with E-state index in [2.05, 4.69) is 10.6 Å². The number of rotatable bonds is 10. The molecule has 0 aliphatic carbocycles. The molecule has 0 saturated heterocycles. The van der Waals surface area contributed by atoms with Gasteiger partial charge in [0.1, 0.15) is 18.5 Å². The lowest BCUT2D eigenvalue weighted by atomic mass is 10.1. The lowest BCUT2D eigenvalue weighted by Crippen LogP contribution is -2.35. The van der Waals surface area contributed by atoms with Gasteiger partial charge in [-0.25, -0.2) is 0 Å². The molecule has 2 amide bonds. The van der Waals surface area contributed by atoms with Crippen LogP contribution in [-0.4, -0.2) is 56.5 Å². The van der Waals surface area contributed by atoms with Gasteiger partial charge in [0.05, 0.1) is 14.2 Å². The molecule has 3 N–H and O–H groups in total. The largest absolute Gasteiger partial charge is 0.493 e. The number of hydrogen-bond acceptors (Lipinski definition) is 7. The van der Waals surface area contributed by atoms with Crippen LogP contribution < -0.4 is 29.6 Å². The Balaban J connectivity index is 1.28. The number of para-hydroxylation sites is 2. The molecule has 36 heavy (non-hydrogen) atoms. The molecule has 9 nitrogen and oxygen atoms in total. The first-order valence-electron chi connectivity index (χ1n) is 11.4. The van der Waals surface area contributed by atoms with Crippen LogP contribution in [0.3, 0.4) is 0 Å². The van der Waals surface area contributed by atoms with Crippen LogP contribution in [0, 0.1) is 0 Å². The van der Waals surface area contributed by atoms with Gasteiger partial charge in [-0.1, -0.05) is 30.3 Å². The molecule has 4 rings (SSSR count). The average Bonchev–Trinajstić information content (AvgIpc) is 3.35. The summed E-state index contributed by atoms with van der Waals surface area (Å²) in [6.07, 6.45) is -1.12. The van der Waals surface area contributed by atoms with Crippen LogP contribution >= 0.6 is 0 Å². The minimum atomic E-state index is -0.979. The van der Waals surface area contributed by atoms with Crippen LogP contribution in [0.15, 0.2) is 66.7 Å². The molecule has 2 unspecified atom stereocenters. The van der Waals surface area contributed by atoms with Gasteiger partial charge in [0.25, 0.3) is 11.8 Å². The summed E-state index contributed by atoms with van der Waals surface area (Å²) >= 11 is 0. The number of ether oxygens (including phenoxy) is 4. The van der Waals surface area contributed by atoms with Gasteiger partial charge in [-0.2, -0.15) is 0 Å². The molecule has 0 bridgehead atoms. The highest BCUT2D eigenvalue weighted by Gasteiger charge is 2.28. The van der Waals surface area contributed by atoms with Gasteiger partial charge in [-0.15, -0.1) is 0 Å². The zero-order valence-electron chi connectivity index (χ0n) is 20.0. The zero-order valence-corrected chi connectivity index (χ0v) is 20.0. The van der Waals surface area contributed by atoms with Gasteiger partial charge in [0.2, 0.25) is 5.75 Å². The molecule has 3 aromatic rings. The van der Waals surface area contributed by atoms with Crippen LogP contribution in [0.25, 0.3) is 0 Å². The molecular weight excluding hydrogens is 464 g/mol. The molecule has 0 spiro atoms. The van der Waals surface area contributed by atoms with Gasteiger partial charge >= 0.3 is 0 Å². The molecular formula is C27H28N2O7. The second-order valence-electron chi connectivity index (χ2n) is 8.15. The van der Waals surface area contributed by atoms with E-state index in [1.54, 1.807) is 42.5 Å². The Labute approximate surface area is 208 Å². The second-order valence-corrected chi connectivity index (χ2v) is 8.15. The first-order chi connectivity index (χ1) is 17.5. The van der Waals surface area contributed by atoms with E-state index in [9.17, 15) is 14.7 Å². The smallest absolute Gasteiger partial charge is 0.265 e. The highest BCUT2D eigenvalue weighted by Crippen LogP contribution is 2.36. The van der Waals surface area contributed by atoms with Crippen LogP contribution in [0.1, 0.15) is 15.9 Å². The SMILES string of the molecule is COc1cccc(OC)c1OCC(O)CNC(=O)c1cccc(NC(=O)C2Cc3ccccc3O2)c1. The van der Waals surface area contributed by atoms with E-state index < -0.39 is 18.1 Å². The minimum absolute atomic E-state index is 0.0406.